The molecule has 2 rings (SSSR count). The van der Waals surface area contributed by atoms with Crippen LogP contribution in [0.1, 0.15) is 25.7 Å². The van der Waals surface area contributed by atoms with Gasteiger partial charge >= 0.3 is 23.4 Å². The molecule has 22 heavy (non-hydrogen) atoms. The third-order valence-corrected chi connectivity index (χ3v) is 2.45. The van der Waals surface area contributed by atoms with E-state index in [1.54, 1.807) is 0 Å². The van der Waals surface area contributed by atoms with E-state index in [0.717, 1.165) is 26.0 Å². The Balaban J connectivity index is 2.61. The van der Waals surface area contributed by atoms with Gasteiger partial charge in [-0.3, -0.25) is 19.7 Å². The number of nitro benzene ring substituents is 1. The van der Waals surface area contributed by atoms with Gasteiger partial charge in [-0.2, -0.15) is 0 Å². The second-order valence-electron chi connectivity index (χ2n) is 4.13. The summed E-state index contributed by atoms with van der Waals surface area (Å²) in [6.07, 6.45) is -1.52. The maximum absolute atomic E-state index is 11.1. The third kappa shape index (κ3) is 3.11. The predicted octanol–water partition coefficient (Wildman–Crippen LogP) is 1.42. The van der Waals surface area contributed by atoms with Gasteiger partial charge in [0.15, 0.2) is 5.58 Å². The molecule has 0 amide bonds. The zero-order valence-electron chi connectivity index (χ0n) is 11.4. The molecule has 0 radical (unpaired) electrons. The Morgan fingerprint density at radius 3 is 2.27 bits per heavy atom. The Hall–Kier alpha value is -3.17. The molecular weight excluding hydrogens is 302 g/mol. The van der Waals surface area contributed by atoms with Crippen LogP contribution in [0.5, 0.6) is 0 Å². The molecule has 0 aliphatic heterocycles. The number of nitrogens with zero attached hydrogens (tertiary/aromatic N) is 1. The molecule has 0 saturated heterocycles. The lowest BCUT2D eigenvalue weighted by Gasteiger charge is -2.16. The summed E-state index contributed by atoms with van der Waals surface area (Å²) in [4.78, 5) is 43.4. The fourth-order valence-corrected chi connectivity index (χ4v) is 1.71. The van der Waals surface area contributed by atoms with Gasteiger partial charge in [-0.15, -0.1) is 0 Å². The minimum atomic E-state index is -1.52. The fourth-order valence-electron chi connectivity index (χ4n) is 1.71. The predicted molar refractivity (Wildman–Crippen MR) is 67.7 cm³/mol. The van der Waals surface area contributed by atoms with Gasteiger partial charge in [0.1, 0.15) is 0 Å². The highest BCUT2D eigenvalue weighted by molar-refractivity contribution is 5.81. The van der Waals surface area contributed by atoms with E-state index in [1.165, 1.54) is 0 Å². The second kappa shape index (κ2) is 5.68. The highest BCUT2D eigenvalue weighted by Gasteiger charge is 2.26. The number of esters is 2. The molecule has 1 aromatic carbocycles. The van der Waals surface area contributed by atoms with Crippen molar-refractivity contribution < 1.29 is 32.8 Å². The summed E-state index contributed by atoms with van der Waals surface area (Å²) in [5.74, 6) is -2.68. The van der Waals surface area contributed by atoms with E-state index in [-0.39, 0.29) is 16.7 Å². The summed E-state index contributed by atoms with van der Waals surface area (Å²) in [7, 11) is 0. The first-order valence-electron chi connectivity index (χ1n) is 5.84. The van der Waals surface area contributed by atoms with Crippen LogP contribution in [0.4, 0.5) is 5.69 Å². The molecule has 0 spiro atoms. The smallest absolute Gasteiger partial charge is 0.421 e. The molecule has 0 unspecified atom stereocenters. The van der Waals surface area contributed by atoms with Crippen LogP contribution in [0.25, 0.3) is 11.2 Å². The normalized spacial score (nSPS) is 10.7. The maximum Gasteiger partial charge on any atom is 0.519 e. The van der Waals surface area contributed by atoms with Crippen LogP contribution in [-0.4, -0.2) is 16.9 Å². The van der Waals surface area contributed by atoms with E-state index in [4.69, 9.17) is 9.47 Å². The zero-order chi connectivity index (χ0) is 16.4. The van der Waals surface area contributed by atoms with E-state index in [2.05, 4.69) is 8.83 Å². The van der Waals surface area contributed by atoms with Gasteiger partial charge in [0.25, 0.3) is 11.9 Å². The third-order valence-electron chi connectivity index (χ3n) is 2.45. The van der Waals surface area contributed by atoms with E-state index in [9.17, 15) is 24.5 Å². The van der Waals surface area contributed by atoms with Crippen molar-refractivity contribution in [3.8, 4) is 0 Å². The zero-order valence-corrected chi connectivity index (χ0v) is 11.4. The number of rotatable bonds is 4. The van der Waals surface area contributed by atoms with Gasteiger partial charge < -0.3 is 18.3 Å². The molecule has 1 aromatic heterocycles. The Morgan fingerprint density at radius 2 is 1.77 bits per heavy atom. The minimum Gasteiger partial charge on any atom is -0.421 e. The number of fused-ring (bicyclic) bond motifs is 1. The average Bonchev–Trinajstić information content (AvgIpc) is 2.75. The summed E-state index contributed by atoms with van der Waals surface area (Å²) < 4.78 is 18.8. The highest BCUT2D eigenvalue weighted by atomic mass is 16.7. The molecule has 0 fully saturated rings. The SMILES string of the molecule is CC(=O)OC(OC(C)=O)c1cc([N+](=O)[O-])c2oc(=O)oc2c1. The monoisotopic (exact) mass is 311 g/mol. The number of benzene rings is 1. The first-order chi connectivity index (χ1) is 10.3. The van der Waals surface area contributed by atoms with E-state index in [0.29, 0.717) is 0 Å². The molecule has 0 bridgehead atoms. The Kier molecular flexibility index (Phi) is 3.93. The Labute approximate surface area is 121 Å². The highest BCUT2D eigenvalue weighted by Crippen LogP contribution is 2.31. The second-order valence-corrected chi connectivity index (χ2v) is 4.13. The van der Waals surface area contributed by atoms with Crippen molar-refractivity contribution in [3.63, 3.8) is 0 Å². The summed E-state index contributed by atoms with van der Waals surface area (Å²) in [6, 6.07) is 2.10. The van der Waals surface area contributed by atoms with Crippen LogP contribution in [0.3, 0.4) is 0 Å². The van der Waals surface area contributed by atoms with E-state index < -0.39 is 34.7 Å². The standard InChI is InChI=1S/C12H9NO9/c1-5(14)19-11(20-6(2)15)7-3-8(13(17)18)10-9(4-7)21-12(16)22-10/h3-4,11H,1-2H3. The summed E-state index contributed by atoms with van der Waals surface area (Å²) in [5, 5.41) is 11.0. The number of carbonyl (C=O) groups is 2. The lowest BCUT2D eigenvalue weighted by atomic mass is 10.1. The average molecular weight is 311 g/mol. The van der Waals surface area contributed by atoms with Crippen LogP contribution >= 0.6 is 0 Å². The molecule has 0 aliphatic carbocycles. The van der Waals surface area contributed by atoms with Crippen molar-refractivity contribution >= 4 is 28.8 Å². The molecule has 10 nitrogen and oxygen atoms in total. The first-order valence-corrected chi connectivity index (χ1v) is 5.84. The minimum absolute atomic E-state index is 0.0610. The van der Waals surface area contributed by atoms with Crippen molar-refractivity contribution in [3.05, 3.63) is 38.4 Å². The number of carbonyl (C=O) groups excluding carboxylic acids is 2. The van der Waals surface area contributed by atoms with E-state index >= 15 is 0 Å². The van der Waals surface area contributed by atoms with E-state index in [1.807, 2.05) is 0 Å². The lowest BCUT2D eigenvalue weighted by molar-refractivity contribution is -0.383. The molecule has 0 saturated carbocycles. The topological polar surface area (TPSA) is 139 Å². The number of non-ortho nitro benzene ring substituents is 1. The fraction of sp³-hybridized carbons (Fsp3) is 0.250. The van der Waals surface area contributed by atoms with Crippen molar-refractivity contribution in [2.24, 2.45) is 0 Å². The molecule has 0 N–H and O–H groups in total. The van der Waals surface area contributed by atoms with Crippen LogP contribution in [-0.2, 0) is 19.1 Å². The van der Waals surface area contributed by atoms with Gasteiger partial charge in [-0.05, 0) is 6.07 Å². The van der Waals surface area contributed by atoms with Crippen molar-refractivity contribution in [1.82, 2.24) is 0 Å². The lowest BCUT2D eigenvalue weighted by Crippen LogP contribution is -2.15. The van der Waals surface area contributed by atoms with Crippen LogP contribution < -0.4 is 5.82 Å². The van der Waals surface area contributed by atoms with Gasteiger partial charge in [-0.25, -0.2) is 4.79 Å². The molecule has 116 valence electrons. The molecule has 0 aliphatic rings. The number of nitro groups is 1. The molecule has 2 aromatic rings. The maximum atomic E-state index is 11.1. The summed E-state index contributed by atoms with van der Waals surface area (Å²) in [6.45, 7) is 2.14. The van der Waals surface area contributed by atoms with Crippen molar-refractivity contribution in [2.45, 2.75) is 20.1 Å². The summed E-state index contributed by atoms with van der Waals surface area (Å²) in [5.41, 5.74) is -1.27. The summed E-state index contributed by atoms with van der Waals surface area (Å²) >= 11 is 0. The molecule has 10 heteroatoms. The van der Waals surface area contributed by atoms with Gasteiger partial charge in [0.05, 0.1) is 4.92 Å². The van der Waals surface area contributed by atoms with Gasteiger partial charge in [-0.1, -0.05) is 0 Å². The molecular formula is C12H9NO9. The number of hydrogen-bond donors (Lipinski definition) is 0. The van der Waals surface area contributed by atoms with Gasteiger partial charge in [0.2, 0.25) is 0 Å². The number of ether oxygens (including phenoxy) is 2. The Bertz CT molecular complexity index is 800. The quantitative estimate of drug-likeness (QED) is 0.355. The van der Waals surface area contributed by atoms with Crippen LogP contribution in [0.15, 0.2) is 25.8 Å². The largest absolute Gasteiger partial charge is 0.519 e. The van der Waals surface area contributed by atoms with Crippen LogP contribution in [0, 0.1) is 10.1 Å². The molecule has 0 atom stereocenters. The van der Waals surface area contributed by atoms with Crippen molar-refractivity contribution in [2.75, 3.05) is 0 Å². The van der Waals surface area contributed by atoms with Crippen molar-refractivity contribution in [1.29, 1.82) is 0 Å². The van der Waals surface area contributed by atoms with Gasteiger partial charge in [0, 0.05) is 25.5 Å². The molecule has 1 heterocycles. The first kappa shape index (κ1) is 15.2. The Morgan fingerprint density at radius 1 is 1.18 bits per heavy atom. The number of hydrogen-bond acceptors (Lipinski definition) is 9. The van der Waals surface area contributed by atoms with Crippen LogP contribution in [0.2, 0.25) is 0 Å².